The van der Waals surface area contributed by atoms with Crippen LogP contribution < -0.4 is 4.74 Å². The van der Waals surface area contributed by atoms with E-state index in [2.05, 4.69) is 12.0 Å². The topological polar surface area (TPSA) is 53.4 Å². The van der Waals surface area contributed by atoms with Gasteiger partial charge in [-0.1, -0.05) is 25.1 Å². The summed E-state index contributed by atoms with van der Waals surface area (Å²) in [7, 11) is 0. The molecule has 0 aliphatic rings. The number of carbonyl (C=O) groups excluding carboxylic acids is 1. The van der Waals surface area contributed by atoms with E-state index in [1.54, 1.807) is 12.3 Å². The minimum Gasteiger partial charge on any atom is -0.490 e. The van der Waals surface area contributed by atoms with E-state index in [-0.39, 0.29) is 12.1 Å². The number of benzene rings is 1. The summed E-state index contributed by atoms with van der Waals surface area (Å²) in [6.45, 7) is 5.20. The van der Waals surface area contributed by atoms with Gasteiger partial charge in [-0.3, -0.25) is 4.68 Å². The van der Waals surface area contributed by atoms with E-state index < -0.39 is 0 Å². The van der Waals surface area contributed by atoms with Crippen LogP contribution in [0, 0.1) is 0 Å². The molecule has 128 valence electrons. The summed E-state index contributed by atoms with van der Waals surface area (Å²) < 4.78 is 12.9. The van der Waals surface area contributed by atoms with Crippen molar-refractivity contribution in [3.8, 4) is 5.75 Å². The maximum absolute atomic E-state index is 11.8. The van der Waals surface area contributed by atoms with Crippen molar-refractivity contribution in [3.05, 3.63) is 54.4 Å². The van der Waals surface area contributed by atoms with Gasteiger partial charge in [0.05, 0.1) is 12.7 Å². The molecule has 5 nitrogen and oxygen atoms in total. The lowest BCUT2D eigenvalue weighted by molar-refractivity contribution is -0.137. The fourth-order valence-electron chi connectivity index (χ4n) is 2.06. The summed E-state index contributed by atoms with van der Waals surface area (Å²) in [5.74, 6) is 0.420. The Kier molecular flexibility index (Phi) is 7.08. The predicted molar refractivity (Wildman–Crippen MR) is 93.7 cm³/mol. The van der Waals surface area contributed by atoms with Crippen LogP contribution >= 0.6 is 0 Å². The minimum absolute atomic E-state index is 0.133. The molecule has 24 heavy (non-hydrogen) atoms. The molecule has 0 aliphatic heterocycles. The van der Waals surface area contributed by atoms with E-state index in [0.29, 0.717) is 6.61 Å². The Labute approximate surface area is 142 Å². The number of hydrogen-bond donors (Lipinski definition) is 0. The van der Waals surface area contributed by atoms with Crippen LogP contribution in [0.5, 0.6) is 5.75 Å². The number of carbonyl (C=O) groups is 1. The molecule has 5 heteroatoms. The van der Waals surface area contributed by atoms with Crippen LogP contribution in [0.4, 0.5) is 0 Å². The van der Waals surface area contributed by atoms with Crippen molar-refractivity contribution >= 4 is 12.0 Å². The monoisotopic (exact) mass is 328 g/mol. The van der Waals surface area contributed by atoms with Crippen LogP contribution in [0.25, 0.3) is 6.08 Å². The third-order valence-electron chi connectivity index (χ3n) is 3.56. The van der Waals surface area contributed by atoms with E-state index in [9.17, 15) is 4.79 Å². The zero-order valence-electron chi connectivity index (χ0n) is 14.2. The van der Waals surface area contributed by atoms with Gasteiger partial charge in [-0.2, -0.15) is 5.10 Å². The smallest absolute Gasteiger partial charge is 0.330 e. The molecular formula is C19H24N2O3. The lowest BCUT2D eigenvalue weighted by Gasteiger charge is -2.14. The highest BCUT2D eigenvalue weighted by Gasteiger charge is 2.05. The van der Waals surface area contributed by atoms with E-state index in [1.165, 1.54) is 6.08 Å². The molecule has 0 amide bonds. The molecule has 0 radical (unpaired) electrons. The third kappa shape index (κ3) is 5.91. The molecule has 0 aliphatic carbocycles. The molecule has 2 rings (SSSR count). The van der Waals surface area contributed by atoms with Crippen molar-refractivity contribution in [2.24, 2.45) is 0 Å². The molecule has 0 N–H and O–H groups in total. The number of rotatable bonds is 9. The van der Waals surface area contributed by atoms with Gasteiger partial charge >= 0.3 is 5.97 Å². The van der Waals surface area contributed by atoms with Crippen LogP contribution in [0.15, 0.2) is 48.8 Å². The molecule has 1 aromatic heterocycles. The molecule has 1 unspecified atom stereocenters. The second-order valence-electron chi connectivity index (χ2n) is 5.50. The molecule has 0 bridgehead atoms. The fraction of sp³-hybridized carbons (Fsp3) is 0.368. The molecule has 0 saturated carbocycles. The number of esters is 1. The van der Waals surface area contributed by atoms with Crippen LogP contribution in [-0.2, 0) is 16.1 Å². The van der Waals surface area contributed by atoms with Gasteiger partial charge in [0.1, 0.15) is 5.75 Å². The Morgan fingerprint density at radius 3 is 2.92 bits per heavy atom. The Hall–Kier alpha value is -2.56. The van der Waals surface area contributed by atoms with Gasteiger partial charge in [0, 0.05) is 37.0 Å². The van der Waals surface area contributed by atoms with Crippen molar-refractivity contribution in [1.82, 2.24) is 9.78 Å². The van der Waals surface area contributed by atoms with Crippen molar-refractivity contribution in [1.29, 1.82) is 0 Å². The largest absolute Gasteiger partial charge is 0.490 e. The van der Waals surface area contributed by atoms with E-state index in [1.807, 2.05) is 48.1 Å². The SMILES string of the molecule is CCC(C)Oc1ccccc1/C=C/C(=O)OCCCn1cccn1. The average molecular weight is 328 g/mol. The van der Waals surface area contributed by atoms with Gasteiger partial charge < -0.3 is 9.47 Å². The van der Waals surface area contributed by atoms with E-state index >= 15 is 0 Å². The summed E-state index contributed by atoms with van der Waals surface area (Å²) in [5.41, 5.74) is 0.867. The molecule has 2 aromatic rings. The summed E-state index contributed by atoms with van der Waals surface area (Å²) in [6.07, 6.45) is 8.57. The van der Waals surface area contributed by atoms with Gasteiger partial charge in [-0.25, -0.2) is 4.79 Å². The third-order valence-corrected chi connectivity index (χ3v) is 3.56. The maximum atomic E-state index is 11.8. The van der Waals surface area contributed by atoms with E-state index in [0.717, 1.165) is 30.7 Å². The molecule has 0 spiro atoms. The molecule has 1 atom stereocenters. The molecule has 0 fully saturated rings. The first-order valence-electron chi connectivity index (χ1n) is 8.27. The van der Waals surface area contributed by atoms with Crippen LogP contribution in [0.3, 0.4) is 0 Å². The summed E-state index contributed by atoms with van der Waals surface area (Å²) in [6, 6.07) is 9.52. The van der Waals surface area contributed by atoms with Crippen molar-refractivity contribution in [2.45, 2.75) is 39.3 Å². The number of nitrogens with zero attached hydrogens (tertiary/aromatic N) is 2. The maximum Gasteiger partial charge on any atom is 0.330 e. The van der Waals surface area contributed by atoms with Gasteiger partial charge in [-0.15, -0.1) is 0 Å². The zero-order chi connectivity index (χ0) is 17.2. The van der Waals surface area contributed by atoms with Gasteiger partial charge in [-0.05, 0) is 31.6 Å². The lowest BCUT2D eigenvalue weighted by atomic mass is 10.2. The molecular weight excluding hydrogens is 304 g/mol. The highest BCUT2D eigenvalue weighted by Crippen LogP contribution is 2.21. The Balaban J connectivity index is 1.80. The van der Waals surface area contributed by atoms with Gasteiger partial charge in [0.2, 0.25) is 0 Å². The fourth-order valence-corrected chi connectivity index (χ4v) is 2.06. The Morgan fingerprint density at radius 2 is 2.17 bits per heavy atom. The Bertz CT molecular complexity index is 650. The molecule has 0 saturated heterocycles. The van der Waals surface area contributed by atoms with Crippen molar-refractivity contribution < 1.29 is 14.3 Å². The number of ether oxygens (including phenoxy) is 2. The zero-order valence-corrected chi connectivity index (χ0v) is 14.2. The summed E-state index contributed by atoms with van der Waals surface area (Å²) in [4.78, 5) is 11.8. The van der Waals surface area contributed by atoms with Crippen LogP contribution in [0.1, 0.15) is 32.3 Å². The normalized spacial score (nSPS) is 12.2. The number of aryl methyl sites for hydroxylation is 1. The number of para-hydroxylation sites is 1. The van der Waals surface area contributed by atoms with Crippen LogP contribution in [-0.4, -0.2) is 28.5 Å². The summed E-state index contributed by atoms with van der Waals surface area (Å²) >= 11 is 0. The van der Waals surface area contributed by atoms with Crippen molar-refractivity contribution in [2.75, 3.05) is 6.61 Å². The van der Waals surface area contributed by atoms with Crippen LogP contribution in [0.2, 0.25) is 0 Å². The molecule has 1 heterocycles. The standard InChI is InChI=1S/C19H24N2O3/c1-3-16(2)24-18-9-5-4-8-17(18)10-11-19(22)23-15-7-14-21-13-6-12-20-21/h4-6,8-13,16H,3,7,14-15H2,1-2H3/b11-10+. The number of hydrogen-bond acceptors (Lipinski definition) is 4. The predicted octanol–water partition coefficient (Wildman–Crippen LogP) is 3.71. The highest BCUT2D eigenvalue weighted by molar-refractivity contribution is 5.87. The molecule has 1 aromatic carbocycles. The van der Waals surface area contributed by atoms with Crippen molar-refractivity contribution in [3.63, 3.8) is 0 Å². The van der Waals surface area contributed by atoms with Gasteiger partial charge in [0.15, 0.2) is 0 Å². The van der Waals surface area contributed by atoms with E-state index in [4.69, 9.17) is 9.47 Å². The lowest BCUT2D eigenvalue weighted by Crippen LogP contribution is -2.10. The Morgan fingerprint density at radius 1 is 1.33 bits per heavy atom. The minimum atomic E-state index is -0.353. The second kappa shape index (κ2) is 9.55. The first kappa shape index (κ1) is 17.8. The first-order chi connectivity index (χ1) is 11.7. The number of aromatic nitrogens is 2. The summed E-state index contributed by atoms with van der Waals surface area (Å²) in [5, 5.41) is 4.10. The second-order valence-corrected chi connectivity index (χ2v) is 5.50. The highest BCUT2D eigenvalue weighted by atomic mass is 16.5. The average Bonchev–Trinajstić information content (AvgIpc) is 3.11. The van der Waals surface area contributed by atoms with Gasteiger partial charge in [0.25, 0.3) is 0 Å². The quantitative estimate of drug-likeness (QED) is 0.400. The first-order valence-corrected chi connectivity index (χ1v) is 8.27.